The molecule has 0 rings (SSSR count). The molecule has 0 amide bonds. The van der Waals surface area contributed by atoms with Crippen LogP contribution in [0.15, 0.2) is 0 Å². The fourth-order valence-electron chi connectivity index (χ4n) is 0. The molecule has 0 unspecified atom stereocenters. The van der Waals surface area contributed by atoms with Gasteiger partial charge in [-0.2, -0.15) is 0 Å². The standard InChI is InChI=1S/BH3O3.Ca.Nd.2H/c2-1(3)4;;;;/h2-4H;;;;/q;+2;;2*-1. The van der Waals surface area contributed by atoms with Crippen LogP contribution in [0.3, 0.4) is 0 Å². The van der Waals surface area contributed by atoms with Crippen molar-refractivity contribution in [2.75, 3.05) is 0 Å². The third-order valence-electron chi connectivity index (χ3n) is 0. The van der Waals surface area contributed by atoms with E-state index in [1.165, 1.54) is 0 Å². The second-order valence-corrected chi connectivity index (χ2v) is 0.346. The van der Waals surface area contributed by atoms with Gasteiger partial charge in [0.1, 0.15) is 0 Å². The van der Waals surface area contributed by atoms with E-state index in [-0.39, 0.29) is 81.4 Å². The largest absolute Gasteiger partial charge is 2.00 e. The monoisotopic (exact) mass is 246 g/mol. The Kier molecular flexibility index (Phi) is 27.7. The Morgan fingerprint density at radius 3 is 1.17 bits per heavy atom. The van der Waals surface area contributed by atoms with Crippen LogP contribution in [-0.2, 0) is 0 Å². The van der Waals surface area contributed by atoms with E-state index in [1.807, 2.05) is 0 Å². The topological polar surface area (TPSA) is 60.7 Å². The summed E-state index contributed by atoms with van der Waals surface area (Å²) in [7, 11) is -2.17. The van der Waals surface area contributed by atoms with Crippen molar-refractivity contribution < 1.29 is 58.8 Å². The zero-order valence-corrected chi connectivity index (χ0v) is 8.54. The second kappa shape index (κ2) is 10.5. The van der Waals surface area contributed by atoms with Crippen LogP contribution in [0.1, 0.15) is 2.85 Å². The van der Waals surface area contributed by atoms with Gasteiger partial charge in [-0.1, -0.05) is 0 Å². The Hall–Kier alpha value is 2.56. The van der Waals surface area contributed by atoms with Crippen LogP contribution in [0.25, 0.3) is 0 Å². The van der Waals surface area contributed by atoms with Gasteiger partial charge in [0.25, 0.3) is 0 Å². The molecule has 0 saturated carbocycles. The summed E-state index contributed by atoms with van der Waals surface area (Å²) in [6.07, 6.45) is 0. The summed E-state index contributed by atoms with van der Waals surface area (Å²) in [5, 5.41) is 21.5. The summed E-state index contributed by atoms with van der Waals surface area (Å²) < 4.78 is 0. The molecule has 0 aromatic heterocycles. The maximum atomic E-state index is 7.17. The van der Waals surface area contributed by atoms with E-state index in [1.54, 1.807) is 0 Å². The Bertz CT molecular complexity index is 22.0. The molecular formula is H5BCaNdO3. The van der Waals surface area contributed by atoms with Crippen molar-refractivity contribution in [3.63, 3.8) is 0 Å². The van der Waals surface area contributed by atoms with Gasteiger partial charge in [0, 0.05) is 40.8 Å². The average molecular weight is 248 g/mol. The van der Waals surface area contributed by atoms with Crippen molar-refractivity contribution in [1.82, 2.24) is 0 Å². The van der Waals surface area contributed by atoms with Crippen LogP contribution in [-0.4, -0.2) is 60.1 Å². The maximum absolute atomic E-state index is 7.17. The average Bonchev–Trinajstić information content (AvgIpc) is 0.811. The van der Waals surface area contributed by atoms with Gasteiger partial charge in [-0.25, -0.2) is 0 Å². The zero-order valence-electron chi connectivity index (χ0n) is 5.13. The fourth-order valence-corrected chi connectivity index (χ4v) is 0. The molecule has 3 N–H and O–H groups in total. The predicted molar refractivity (Wildman–Crippen MR) is 20.4 cm³/mol. The first-order valence-electron chi connectivity index (χ1n) is 0.775. The molecule has 3 nitrogen and oxygen atoms in total. The molecule has 0 saturated heterocycles. The Labute approximate surface area is 102 Å². The summed E-state index contributed by atoms with van der Waals surface area (Å²) in [4.78, 5) is 0. The third kappa shape index (κ3) is 31.0. The van der Waals surface area contributed by atoms with E-state index in [0.29, 0.717) is 0 Å². The van der Waals surface area contributed by atoms with Crippen molar-refractivity contribution in [3.05, 3.63) is 0 Å². The Morgan fingerprint density at radius 2 is 1.17 bits per heavy atom. The molecule has 0 fully saturated rings. The van der Waals surface area contributed by atoms with Gasteiger partial charge in [0.2, 0.25) is 0 Å². The van der Waals surface area contributed by atoms with Crippen molar-refractivity contribution in [1.29, 1.82) is 0 Å². The molecular weight excluding hydrogens is 243 g/mol. The third-order valence-corrected chi connectivity index (χ3v) is 0. The van der Waals surface area contributed by atoms with Gasteiger partial charge in [-0.05, 0) is 0 Å². The fraction of sp³-hybridized carbons (Fsp3) is 0. The van der Waals surface area contributed by atoms with Crippen molar-refractivity contribution >= 4 is 45.1 Å². The van der Waals surface area contributed by atoms with Crippen molar-refractivity contribution in [2.24, 2.45) is 0 Å². The van der Waals surface area contributed by atoms with Gasteiger partial charge >= 0.3 is 45.1 Å². The number of hydrogen-bond acceptors (Lipinski definition) is 3. The number of rotatable bonds is 0. The molecule has 0 heterocycles. The molecule has 6 heteroatoms. The normalized spacial score (nSPS) is 4.50. The van der Waals surface area contributed by atoms with Gasteiger partial charge < -0.3 is 17.9 Å². The minimum absolute atomic E-state index is 0. The van der Waals surface area contributed by atoms with Crippen molar-refractivity contribution in [3.8, 4) is 0 Å². The number of hydrogen-bond donors (Lipinski definition) is 3. The van der Waals surface area contributed by atoms with Crippen LogP contribution in [0.2, 0.25) is 0 Å². The van der Waals surface area contributed by atoms with E-state index in [4.69, 9.17) is 15.1 Å². The second-order valence-electron chi connectivity index (χ2n) is 0.346. The first-order chi connectivity index (χ1) is 1.73. The molecule has 0 bridgehead atoms. The van der Waals surface area contributed by atoms with Crippen LogP contribution in [0, 0.1) is 40.8 Å². The zero-order chi connectivity index (χ0) is 3.58. The molecule has 0 aromatic carbocycles. The SMILES string of the molecule is OB(O)O.[Ca+2].[H-].[H-].[Nd]. The quantitative estimate of drug-likeness (QED) is 0.426. The van der Waals surface area contributed by atoms with E-state index < -0.39 is 7.32 Å². The van der Waals surface area contributed by atoms with Crippen LogP contribution < -0.4 is 0 Å². The van der Waals surface area contributed by atoms with E-state index >= 15 is 0 Å². The first kappa shape index (κ1) is 15.8. The molecule has 0 radical (unpaired) electrons. The van der Waals surface area contributed by atoms with E-state index in [2.05, 4.69) is 0 Å². The smallest absolute Gasteiger partial charge is 1.00 e. The van der Waals surface area contributed by atoms with Crippen LogP contribution in [0.5, 0.6) is 0 Å². The van der Waals surface area contributed by atoms with E-state index in [9.17, 15) is 0 Å². The molecule has 6 heavy (non-hydrogen) atoms. The molecule has 0 aliphatic heterocycles. The summed E-state index contributed by atoms with van der Waals surface area (Å²) in [5.41, 5.74) is 0. The molecule has 0 aromatic rings. The van der Waals surface area contributed by atoms with Gasteiger partial charge in [0.05, 0.1) is 0 Å². The molecule has 0 atom stereocenters. The summed E-state index contributed by atoms with van der Waals surface area (Å²) in [5.74, 6) is 0. The molecule has 0 spiro atoms. The maximum Gasteiger partial charge on any atom is 2.00 e. The summed E-state index contributed by atoms with van der Waals surface area (Å²) >= 11 is 0. The minimum Gasteiger partial charge on any atom is -1.00 e. The van der Waals surface area contributed by atoms with Crippen LogP contribution >= 0.6 is 0 Å². The summed E-state index contributed by atoms with van der Waals surface area (Å²) in [6, 6.07) is 0. The Morgan fingerprint density at radius 1 is 1.17 bits per heavy atom. The van der Waals surface area contributed by atoms with Crippen LogP contribution in [0.4, 0.5) is 0 Å². The van der Waals surface area contributed by atoms with E-state index in [0.717, 1.165) is 0 Å². The van der Waals surface area contributed by atoms with Gasteiger partial charge in [-0.15, -0.1) is 0 Å². The summed E-state index contributed by atoms with van der Waals surface area (Å²) in [6.45, 7) is 0. The molecule has 0 aliphatic carbocycles. The van der Waals surface area contributed by atoms with Gasteiger partial charge in [-0.3, -0.25) is 0 Å². The van der Waals surface area contributed by atoms with Crippen molar-refractivity contribution in [2.45, 2.75) is 0 Å². The van der Waals surface area contributed by atoms with Gasteiger partial charge in [0.15, 0.2) is 0 Å². The minimum atomic E-state index is -2.17. The molecule has 32 valence electrons. The predicted octanol–water partition coefficient (Wildman–Crippen LogP) is -2.21. The Balaban J connectivity index is -0.00000000750. The first-order valence-corrected chi connectivity index (χ1v) is 0.775. The molecule has 0 aliphatic rings.